The predicted octanol–water partition coefficient (Wildman–Crippen LogP) is 0.752. The maximum atomic E-state index is 15.2. The molecule has 5 rings (SSSR count). The smallest absolute Gasteiger partial charge is 0.255 e. The van der Waals surface area contributed by atoms with Crippen molar-refractivity contribution in [2.24, 2.45) is 17.6 Å². The standard InChI is InChI=1S/C25H26FN3O8/c1-29-4-2-3-14(29)24(36)28-13-8-12(26)11-6-9-5-10-7-15(30)18(23(27)35)22(34)25(10,37)21(33)16(9)20(32)17(11)19(13)31/h8-10,14,30-31,33,37H,2-7H2,1H3,(H2,27,35)(H,28,36)/t9?,10-,14-,25-/m0/s1. The number of aromatic hydroxyl groups is 1. The van der Waals surface area contributed by atoms with Gasteiger partial charge in [-0.3, -0.25) is 24.1 Å². The summed E-state index contributed by atoms with van der Waals surface area (Å²) in [4.78, 5) is 52.8. The number of primary amides is 1. The Kier molecular flexibility index (Phi) is 5.64. The number of aliphatic hydroxyl groups is 3. The van der Waals surface area contributed by atoms with Gasteiger partial charge >= 0.3 is 0 Å². The van der Waals surface area contributed by atoms with Gasteiger partial charge < -0.3 is 31.5 Å². The average molecular weight is 515 g/mol. The number of halogens is 1. The fraction of sp³-hybridized carbons (Fsp3) is 0.440. The van der Waals surface area contributed by atoms with Crippen molar-refractivity contribution >= 4 is 29.1 Å². The molecule has 1 unspecified atom stereocenters. The number of rotatable bonds is 3. The minimum Gasteiger partial charge on any atom is -0.511 e. The number of hydrogen-bond donors (Lipinski definition) is 6. The van der Waals surface area contributed by atoms with Gasteiger partial charge in [0.25, 0.3) is 5.91 Å². The molecule has 1 aromatic carbocycles. The number of allylic oxidation sites excluding steroid dienone is 2. The van der Waals surface area contributed by atoms with Gasteiger partial charge in [-0.2, -0.15) is 0 Å². The molecule has 1 heterocycles. The van der Waals surface area contributed by atoms with E-state index >= 15 is 4.39 Å². The minimum absolute atomic E-state index is 0.102. The molecule has 0 radical (unpaired) electrons. The molecule has 1 saturated heterocycles. The van der Waals surface area contributed by atoms with Gasteiger partial charge in [-0.05, 0) is 45.2 Å². The lowest BCUT2D eigenvalue weighted by Gasteiger charge is -2.45. The Morgan fingerprint density at radius 3 is 2.54 bits per heavy atom. The van der Waals surface area contributed by atoms with Crippen molar-refractivity contribution in [3.8, 4) is 5.75 Å². The highest BCUT2D eigenvalue weighted by molar-refractivity contribution is 6.24. The fourth-order valence-electron chi connectivity index (χ4n) is 6.19. The van der Waals surface area contributed by atoms with Crippen LogP contribution in [0.25, 0.3) is 0 Å². The number of phenolic OH excluding ortho intramolecular Hbond substituents is 1. The molecule has 7 N–H and O–H groups in total. The highest BCUT2D eigenvalue weighted by atomic mass is 19.1. The molecular formula is C25H26FN3O8. The molecule has 196 valence electrons. The van der Waals surface area contributed by atoms with Crippen LogP contribution in [0.5, 0.6) is 5.75 Å². The van der Waals surface area contributed by atoms with Gasteiger partial charge in [0.1, 0.15) is 22.9 Å². The number of likely N-dealkylation sites (N-methyl/N-ethyl adjacent to an activating group) is 1. The van der Waals surface area contributed by atoms with Gasteiger partial charge in [-0.25, -0.2) is 4.39 Å². The normalized spacial score (nSPS) is 29.6. The highest BCUT2D eigenvalue weighted by Crippen LogP contribution is 2.52. The van der Waals surface area contributed by atoms with E-state index in [0.29, 0.717) is 13.0 Å². The summed E-state index contributed by atoms with van der Waals surface area (Å²) in [5, 5.41) is 45.9. The van der Waals surface area contributed by atoms with Gasteiger partial charge in [0.05, 0.1) is 17.3 Å². The Morgan fingerprint density at radius 1 is 1.22 bits per heavy atom. The zero-order valence-electron chi connectivity index (χ0n) is 19.9. The number of likely N-dealkylation sites (tertiary alicyclic amines) is 1. The van der Waals surface area contributed by atoms with E-state index in [1.807, 2.05) is 4.90 Å². The van der Waals surface area contributed by atoms with Crippen molar-refractivity contribution in [3.05, 3.63) is 45.7 Å². The molecule has 11 nitrogen and oxygen atoms in total. The van der Waals surface area contributed by atoms with E-state index in [-0.39, 0.29) is 30.5 Å². The number of amides is 2. The Balaban J connectivity index is 1.57. The Hall–Kier alpha value is -3.77. The fourth-order valence-corrected chi connectivity index (χ4v) is 6.19. The molecule has 1 aromatic rings. The molecule has 1 aliphatic heterocycles. The lowest BCUT2D eigenvalue weighted by atomic mass is 9.60. The molecule has 3 aliphatic carbocycles. The number of nitrogens with two attached hydrogens (primary N) is 1. The van der Waals surface area contributed by atoms with Gasteiger partial charge in [0, 0.05) is 29.5 Å². The first-order valence-electron chi connectivity index (χ1n) is 11.9. The van der Waals surface area contributed by atoms with Gasteiger partial charge in [0.2, 0.25) is 11.7 Å². The molecule has 4 atom stereocenters. The zero-order valence-corrected chi connectivity index (χ0v) is 19.9. The monoisotopic (exact) mass is 515 g/mol. The summed E-state index contributed by atoms with van der Waals surface area (Å²) in [6.45, 7) is 0.697. The number of aliphatic hydroxyl groups excluding tert-OH is 2. The number of nitrogens with one attached hydrogen (secondary N) is 1. The first-order chi connectivity index (χ1) is 17.4. The quantitative estimate of drug-likeness (QED) is 0.249. The second kappa shape index (κ2) is 8.38. The summed E-state index contributed by atoms with van der Waals surface area (Å²) in [5.74, 6) is -9.31. The third-order valence-electron chi connectivity index (χ3n) is 8.09. The Labute approximate surface area is 210 Å². The zero-order chi connectivity index (χ0) is 27.0. The maximum Gasteiger partial charge on any atom is 0.255 e. The second-order valence-corrected chi connectivity index (χ2v) is 10.1. The lowest BCUT2D eigenvalue weighted by molar-refractivity contribution is -0.144. The van der Waals surface area contributed by atoms with Crippen molar-refractivity contribution in [2.45, 2.75) is 43.7 Å². The van der Waals surface area contributed by atoms with Crippen LogP contribution in [0.4, 0.5) is 10.1 Å². The van der Waals surface area contributed by atoms with Crippen LogP contribution < -0.4 is 11.1 Å². The molecule has 0 bridgehead atoms. The Morgan fingerprint density at radius 2 is 1.92 bits per heavy atom. The molecule has 1 fully saturated rings. The maximum absolute atomic E-state index is 15.2. The van der Waals surface area contributed by atoms with Crippen molar-refractivity contribution in [1.82, 2.24) is 4.90 Å². The SMILES string of the molecule is CN1CCC[C@H]1C(=O)Nc1cc(F)c2c(c1O)C(=O)C1=C(O)[C@]3(O)C(=O)C(C(N)=O)=C(O)C[C@@H]3CC1C2. The number of anilines is 1. The summed E-state index contributed by atoms with van der Waals surface area (Å²) in [5.41, 5.74) is 0.247. The van der Waals surface area contributed by atoms with Crippen molar-refractivity contribution in [1.29, 1.82) is 0 Å². The van der Waals surface area contributed by atoms with Crippen LogP contribution in [0.15, 0.2) is 28.7 Å². The number of carbonyl (C=O) groups is 4. The van der Waals surface area contributed by atoms with Gasteiger partial charge in [-0.1, -0.05) is 0 Å². The van der Waals surface area contributed by atoms with Crippen LogP contribution in [0.3, 0.4) is 0 Å². The van der Waals surface area contributed by atoms with Crippen LogP contribution in [0, 0.1) is 17.7 Å². The third-order valence-corrected chi connectivity index (χ3v) is 8.09. The van der Waals surface area contributed by atoms with Gasteiger partial charge in [-0.15, -0.1) is 0 Å². The van der Waals surface area contributed by atoms with E-state index in [4.69, 9.17) is 5.73 Å². The number of carbonyl (C=O) groups excluding carboxylic acids is 4. The van der Waals surface area contributed by atoms with Crippen LogP contribution in [-0.2, 0) is 20.8 Å². The van der Waals surface area contributed by atoms with E-state index in [1.165, 1.54) is 0 Å². The summed E-state index contributed by atoms with van der Waals surface area (Å²) in [6.07, 6.45) is 0.731. The van der Waals surface area contributed by atoms with E-state index in [0.717, 1.165) is 12.5 Å². The van der Waals surface area contributed by atoms with E-state index < -0.39 is 86.7 Å². The van der Waals surface area contributed by atoms with Gasteiger partial charge in [0.15, 0.2) is 17.1 Å². The summed E-state index contributed by atoms with van der Waals surface area (Å²) in [7, 11) is 1.76. The molecule has 0 spiro atoms. The molecule has 0 aromatic heterocycles. The largest absolute Gasteiger partial charge is 0.511 e. The number of fused-ring (bicyclic) bond motifs is 3. The Bertz CT molecular complexity index is 1350. The van der Waals surface area contributed by atoms with E-state index in [1.54, 1.807) is 7.05 Å². The molecule has 0 saturated carbocycles. The highest BCUT2D eigenvalue weighted by Gasteiger charge is 2.59. The lowest BCUT2D eigenvalue weighted by Crippen LogP contribution is -2.57. The number of Topliss-reactive ketones (excluding diaryl/α,β-unsaturated/α-hetero) is 2. The van der Waals surface area contributed by atoms with Crippen molar-refractivity contribution in [3.63, 3.8) is 0 Å². The molecular weight excluding hydrogens is 489 g/mol. The number of nitrogens with zero attached hydrogens (tertiary/aromatic N) is 1. The van der Waals surface area contributed by atoms with Crippen LogP contribution in [0.2, 0.25) is 0 Å². The van der Waals surface area contributed by atoms with E-state index in [2.05, 4.69) is 5.32 Å². The number of hydrogen-bond acceptors (Lipinski definition) is 9. The van der Waals surface area contributed by atoms with Crippen molar-refractivity contribution in [2.75, 3.05) is 18.9 Å². The summed E-state index contributed by atoms with van der Waals surface area (Å²) >= 11 is 0. The second-order valence-electron chi connectivity index (χ2n) is 10.1. The predicted molar refractivity (Wildman–Crippen MR) is 125 cm³/mol. The number of benzene rings is 1. The molecule has 2 amide bonds. The van der Waals surface area contributed by atoms with Crippen LogP contribution in [-0.4, -0.2) is 73.9 Å². The number of phenols is 1. The summed E-state index contributed by atoms with van der Waals surface area (Å²) in [6, 6.07) is 0.441. The molecule has 12 heteroatoms. The number of ketones is 2. The molecule has 4 aliphatic rings. The van der Waals surface area contributed by atoms with Crippen molar-refractivity contribution < 1.29 is 44.0 Å². The first-order valence-corrected chi connectivity index (χ1v) is 11.9. The minimum atomic E-state index is -2.71. The van der Waals surface area contributed by atoms with Crippen LogP contribution in [0.1, 0.15) is 41.6 Å². The van der Waals surface area contributed by atoms with Crippen LogP contribution >= 0.6 is 0 Å². The average Bonchev–Trinajstić information content (AvgIpc) is 3.25. The summed E-state index contributed by atoms with van der Waals surface area (Å²) < 4.78 is 15.2. The first kappa shape index (κ1) is 24.9. The third kappa shape index (κ3) is 3.46. The molecule has 37 heavy (non-hydrogen) atoms. The topological polar surface area (TPSA) is 190 Å². The van der Waals surface area contributed by atoms with E-state index in [9.17, 15) is 39.6 Å².